The van der Waals surface area contributed by atoms with Crippen molar-refractivity contribution in [3.05, 3.63) is 20.8 Å². The second kappa shape index (κ2) is 8.53. The third-order valence-electron chi connectivity index (χ3n) is 3.55. The zero-order chi connectivity index (χ0) is 15.9. The fraction of sp³-hybridized carbons (Fsp3) is 0.600. The first-order valence-electron chi connectivity index (χ1n) is 7.69. The molecule has 7 heteroatoms. The van der Waals surface area contributed by atoms with E-state index in [0.29, 0.717) is 13.0 Å². The summed E-state index contributed by atoms with van der Waals surface area (Å²) >= 11 is 5.17. The van der Waals surface area contributed by atoms with Crippen molar-refractivity contribution in [2.75, 3.05) is 19.6 Å². The van der Waals surface area contributed by atoms with Crippen LogP contribution in [0.2, 0.25) is 0 Å². The summed E-state index contributed by atoms with van der Waals surface area (Å²) in [6, 6.07) is 4.41. The van der Waals surface area contributed by atoms with Gasteiger partial charge in [0.25, 0.3) is 0 Å². The Kier molecular flexibility index (Phi) is 6.70. The summed E-state index contributed by atoms with van der Waals surface area (Å²) in [5, 5.41) is 6.71. The molecular formula is C15H23BrN4OS. The summed E-state index contributed by atoms with van der Waals surface area (Å²) in [4.78, 5) is 19.5. The van der Waals surface area contributed by atoms with Crippen LogP contribution in [0.25, 0.3) is 0 Å². The van der Waals surface area contributed by atoms with Crippen LogP contribution in [0.3, 0.4) is 0 Å². The van der Waals surface area contributed by atoms with Crippen LogP contribution < -0.4 is 10.6 Å². The molecule has 1 aromatic heterocycles. The Morgan fingerprint density at radius 1 is 1.50 bits per heavy atom. The molecule has 1 unspecified atom stereocenters. The number of nitrogens with one attached hydrogen (secondary N) is 2. The highest BCUT2D eigenvalue weighted by atomic mass is 79.9. The highest BCUT2D eigenvalue weighted by molar-refractivity contribution is 9.11. The van der Waals surface area contributed by atoms with E-state index in [4.69, 9.17) is 0 Å². The average molecular weight is 387 g/mol. The van der Waals surface area contributed by atoms with E-state index >= 15 is 0 Å². The van der Waals surface area contributed by atoms with Gasteiger partial charge in [-0.05, 0) is 41.4 Å². The summed E-state index contributed by atoms with van der Waals surface area (Å²) in [7, 11) is 0. The zero-order valence-electron chi connectivity index (χ0n) is 13.1. The maximum absolute atomic E-state index is 11.7. The van der Waals surface area contributed by atoms with Gasteiger partial charge in [0, 0.05) is 37.0 Å². The molecule has 0 bridgehead atoms. The van der Waals surface area contributed by atoms with E-state index in [1.165, 1.54) is 4.88 Å². The predicted molar refractivity (Wildman–Crippen MR) is 95.2 cm³/mol. The number of guanidine groups is 1. The Hall–Kier alpha value is -1.08. The van der Waals surface area contributed by atoms with Crippen molar-refractivity contribution in [2.45, 2.75) is 39.3 Å². The minimum absolute atomic E-state index is 0.231. The van der Waals surface area contributed by atoms with E-state index in [2.05, 4.69) is 44.5 Å². The molecule has 1 fully saturated rings. The van der Waals surface area contributed by atoms with Gasteiger partial charge in [0.2, 0.25) is 5.91 Å². The fourth-order valence-electron chi connectivity index (χ4n) is 2.44. The number of hydrogen-bond donors (Lipinski definition) is 2. The quantitative estimate of drug-likeness (QED) is 0.603. The highest BCUT2D eigenvalue weighted by Gasteiger charge is 2.25. The van der Waals surface area contributed by atoms with E-state index < -0.39 is 0 Å². The van der Waals surface area contributed by atoms with E-state index in [0.717, 1.165) is 35.8 Å². The minimum atomic E-state index is 0.231. The van der Waals surface area contributed by atoms with Crippen LogP contribution in [0.15, 0.2) is 20.9 Å². The van der Waals surface area contributed by atoms with E-state index in [1.54, 1.807) is 11.3 Å². The van der Waals surface area contributed by atoms with Gasteiger partial charge >= 0.3 is 0 Å². The fourth-order valence-corrected chi connectivity index (χ4v) is 3.84. The lowest BCUT2D eigenvalue weighted by Crippen LogP contribution is -2.45. The number of nitrogens with zero attached hydrogens (tertiary/aromatic N) is 2. The normalized spacial score (nSPS) is 18.6. The monoisotopic (exact) mass is 386 g/mol. The van der Waals surface area contributed by atoms with Gasteiger partial charge in [-0.2, -0.15) is 0 Å². The Morgan fingerprint density at radius 3 is 2.95 bits per heavy atom. The number of hydrogen-bond acceptors (Lipinski definition) is 3. The number of halogens is 1. The molecule has 2 N–H and O–H groups in total. The van der Waals surface area contributed by atoms with Crippen molar-refractivity contribution in [1.29, 1.82) is 0 Å². The lowest BCUT2D eigenvalue weighted by molar-refractivity contribution is -0.129. The molecule has 1 saturated heterocycles. The van der Waals surface area contributed by atoms with Gasteiger partial charge in [-0.3, -0.25) is 4.79 Å². The van der Waals surface area contributed by atoms with E-state index in [1.807, 2.05) is 17.9 Å². The number of thiophene rings is 1. The van der Waals surface area contributed by atoms with E-state index in [-0.39, 0.29) is 11.9 Å². The molecule has 2 heterocycles. The maximum Gasteiger partial charge on any atom is 0.222 e. The Balaban J connectivity index is 1.90. The van der Waals surface area contributed by atoms with Crippen LogP contribution in [0, 0.1) is 0 Å². The molecule has 1 aromatic rings. The van der Waals surface area contributed by atoms with Crippen molar-refractivity contribution < 1.29 is 4.79 Å². The van der Waals surface area contributed by atoms with Gasteiger partial charge in [-0.25, -0.2) is 4.99 Å². The van der Waals surface area contributed by atoms with Gasteiger partial charge in [0.1, 0.15) is 0 Å². The van der Waals surface area contributed by atoms with Crippen molar-refractivity contribution in [2.24, 2.45) is 4.99 Å². The van der Waals surface area contributed by atoms with Crippen LogP contribution >= 0.6 is 27.3 Å². The van der Waals surface area contributed by atoms with Gasteiger partial charge < -0.3 is 15.5 Å². The predicted octanol–water partition coefficient (Wildman–Crippen LogP) is 2.58. The standard InChI is InChI=1S/C15H23BrN4OS/c1-3-14(21)20-8-7-11(10-20)19-15(17-4-2)18-9-12-5-6-13(16)22-12/h5-6,11H,3-4,7-10H2,1-2H3,(H2,17,18,19). The molecule has 0 saturated carbocycles. The van der Waals surface area contributed by atoms with Crippen LogP contribution in [0.1, 0.15) is 31.6 Å². The van der Waals surface area contributed by atoms with Crippen molar-refractivity contribution >= 4 is 39.1 Å². The Labute approximate surface area is 144 Å². The molecule has 122 valence electrons. The molecule has 0 spiro atoms. The number of carbonyl (C=O) groups excluding carboxylic acids is 1. The van der Waals surface area contributed by atoms with Crippen molar-refractivity contribution in [3.8, 4) is 0 Å². The topological polar surface area (TPSA) is 56.7 Å². The first kappa shape index (κ1) is 17.3. The Bertz CT molecular complexity index is 531. The molecule has 22 heavy (non-hydrogen) atoms. The lowest BCUT2D eigenvalue weighted by Gasteiger charge is -2.18. The minimum Gasteiger partial charge on any atom is -0.357 e. The molecule has 0 radical (unpaired) electrons. The summed E-state index contributed by atoms with van der Waals surface area (Å²) in [6.45, 7) is 7.05. The molecule has 0 aliphatic carbocycles. The highest BCUT2D eigenvalue weighted by Crippen LogP contribution is 2.22. The first-order chi connectivity index (χ1) is 10.6. The molecule has 1 amide bonds. The number of rotatable bonds is 5. The van der Waals surface area contributed by atoms with Gasteiger partial charge in [-0.1, -0.05) is 6.92 Å². The third-order valence-corrected chi connectivity index (χ3v) is 5.16. The number of likely N-dealkylation sites (tertiary alicyclic amines) is 1. The van der Waals surface area contributed by atoms with Gasteiger partial charge in [-0.15, -0.1) is 11.3 Å². The van der Waals surface area contributed by atoms with Crippen molar-refractivity contribution in [3.63, 3.8) is 0 Å². The second-order valence-electron chi connectivity index (χ2n) is 5.22. The zero-order valence-corrected chi connectivity index (χ0v) is 15.5. The summed E-state index contributed by atoms with van der Waals surface area (Å²) in [5.41, 5.74) is 0. The van der Waals surface area contributed by atoms with Gasteiger partial charge in [0.05, 0.1) is 10.3 Å². The summed E-state index contributed by atoms with van der Waals surface area (Å²) in [6.07, 6.45) is 1.55. The third kappa shape index (κ3) is 4.98. The van der Waals surface area contributed by atoms with Gasteiger partial charge in [0.15, 0.2) is 5.96 Å². The van der Waals surface area contributed by atoms with Crippen LogP contribution in [0.4, 0.5) is 0 Å². The molecule has 5 nitrogen and oxygen atoms in total. The summed E-state index contributed by atoms with van der Waals surface area (Å²) in [5.74, 6) is 1.05. The largest absolute Gasteiger partial charge is 0.357 e. The molecule has 1 atom stereocenters. The lowest BCUT2D eigenvalue weighted by atomic mass is 10.3. The van der Waals surface area contributed by atoms with Crippen LogP contribution in [0.5, 0.6) is 0 Å². The average Bonchev–Trinajstić information content (AvgIpc) is 3.13. The smallest absolute Gasteiger partial charge is 0.222 e. The van der Waals surface area contributed by atoms with Crippen LogP contribution in [-0.2, 0) is 11.3 Å². The summed E-state index contributed by atoms with van der Waals surface area (Å²) < 4.78 is 1.13. The second-order valence-corrected chi connectivity index (χ2v) is 7.77. The number of carbonyl (C=O) groups is 1. The number of aliphatic imine (C=N–C) groups is 1. The molecule has 2 rings (SSSR count). The number of amides is 1. The molecule has 0 aromatic carbocycles. The maximum atomic E-state index is 11.7. The molecule has 1 aliphatic heterocycles. The van der Waals surface area contributed by atoms with E-state index in [9.17, 15) is 4.79 Å². The van der Waals surface area contributed by atoms with Crippen molar-refractivity contribution in [1.82, 2.24) is 15.5 Å². The molecular weight excluding hydrogens is 364 g/mol. The SMILES string of the molecule is CCNC(=NCc1ccc(Br)s1)NC1CCN(C(=O)CC)C1. The Morgan fingerprint density at radius 2 is 2.32 bits per heavy atom. The molecule has 1 aliphatic rings. The first-order valence-corrected chi connectivity index (χ1v) is 9.30. The van der Waals surface area contributed by atoms with Crippen LogP contribution in [-0.4, -0.2) is 42.4 Å².